The lowest BCUT2D eigenvalue weighted by molar-refractivity contribution is 0.823. The molecule has 18 heavy (non-hydrogen) atoms. The van der Waals surface area contributed by atoms with Gasteiger partial charge >= 0.3 is 0 Å². The van der Waals surface area contributed by atoms with Crippen molar-refractivity contribution >= 4 is 5.69 Å². The van der Waals surface area contributed by atoms with E-state index >= 15 is 0 Å². The molecule has 0 atom stereocenters. The van der Waals surface area contributed by atoms with Gasteiger partial charge in [-0.15, -0.1) is 0 Å². The summed E-state index contributed by atoms with van der Waals surface area (Å²) in [5, 5.41) is 0. The molecule has 96 valence electrons. The quantitative estimate of drug-likeness (QED) is 0.897. The average molecular weight is 244 g/mol. The van der Waals surface area contributed by atoms with Gasteiger partial charge in [-0.2, -0.15) is 0 Å². The Balaban J connectivity index is 2.43. The number of hydrogen-bond acceptors (Lipinski definition) is 3. The van der Waals surface area contributed by atoms with Gasteiger partial charge in [0.1, 0.15) is 5.82 Å². The van der Waals surface area contributed by atoms with Crippen molar-refractivity contribution in [3.63, 3.8) is 0 Å². The van der Waals surface area contributed by atoms with E-state index < -0.39 is 0 Å². The predicted octanol–water partition coefficient (Wildman–Crippen LogP) is 1.92. The van der Waals surface area contributed by atoms with E-state index in [0.717, 1.165) is 22.8 Å². The van der Waals surface area contributed by atoms with Crippen LogP contribution >= 0.6 is 0 Å². The van der Waals surface area contributed by atoms with Crippen molar-refractivity contribution in [1.82, 2.24) is 9.55 Å². The molecule has 2 rings (SSSR count). The summed E-state index contributed by atoms with van der Waals surface area (Å²) in [4.78, 5) is 6.68. The molecule has 2 N–H and O–H groups in total. The first-order valence-electron chi connectivity index (χ1n) is 6.04. The normalized spacial score (nSPS) is 10.7. The highest BCUT2D eigenvalue weighted by molar-refractivity contribution is 5.61. The van der Waals surface area contributed by atoms with Crippen LogP contribution in [0.4, 0.5) is 5.69 Å². The Labute approximate surface area is 108 Å². The highest BCUT2D eigenvalue weighted by atomic mass is 15.1. The molecule has 0 bridgehead atoms. The fourth-order valence-corrected chi connectivity index (χ4v) is 2.12. The summed E-state index contributed by atoms with van der Waals surface area (Å²) in [6, 6.07) is 8.39. The summed E-state index contributed by atoms with van der Waals surface area (Å²) in [5.74, 6) is 0.971. The van der Waals surface area contributed by atoms with E-state index in [4.69, 9.17) is 5.73 Å². The van der Waals surface area contributed by atoms with Crippen LogP contribution in [0.2, 0.25) is 0 Å². The zero-order valence-corrected chi connectivity index (χ0v) is 11.4. The molecule has 1 aromatic carbocycles. The molecule has 0 radical (unpaired) electrons. The third-order valence-corrected chi connectivity index (χ3v) is 3.25. The third kappa shape index (κ3) is 2.11. The van der Waals surface area contributed by atoms with Crippen LogP contribution in [0.25, 0.3) is 11.4 Å². The first-order valence-corrected chi connectivity index (χ1v) is 6.04. The largest absolute Gasteiger partial charge is 0.378 e. The number of aromatic nitrogens is 2. The number of hydrogen-bond donors (Lipinski definition) is 1. The molecule has 4 heteroatoms. The topological polar surface area (TPSA) is 47.1 Å². The fourth-order valence-electron chi connectivity index (χ4n) is 2.12. The summed E-state index contributed by atoms with van der Waals surface area (Å²) >= 11 is 0. The van der Waals surface area contributed by atoms with Crippen LogP contribution in [0, 0.1) is 6.92 Å². The highest BCUT2D eigenvalue weighted by Crippen LogP contribution is 2.23. The lowest BCUT2D eigenvalue weighted by atomic mass is 10.2. The van der Waals surface area contributed by atoms with Crippen molar-refractivity contribution in [2.75, 3.05) is 19.0 Å². The van der Waals surface area contributed by atoms with Gasteiger partial charge in [0.05, 0.1) is 11.4 Å². The van der Waals surface area contributed by atoms with Gasteiger partial charge in [0.15, 0.2) is 0 Å². The van der Waals surface area contributed by atoms with Crippen LogP contribution in [0.1, 0.15) is 11.4 Å². The second-order valence-electron chi connectivity index (χ2n) is 4.67. The smallest absolute Gasteiger partial charge is 0.140 e. The van der Waals surface area contributed by atoms with Gasteiger partial charge in [-0.05, 0) is 31.2 Å². The SMILES string of the molecule is Cc1nc(-c2ccc(N(C)C)cc2)n(C)c1CN. The predicted molar refractivity (Wildman–Crippen MR) is 75.6 cm³/mol. The average Bonchev–Trinajstić information content (AvgIpc) is 2.64. The molecule has 1 aromatic heterocycles. The fraction of sp³-hybridized carbons (Fsp3) is 0.357. The number of imidazole rings is 1. The molecule has 0 aliphatic carbocycles. The van der Waals surface area contributed by atoms with E-state index in [9.17, 15) is 0 Å². The molecule has 4 nitrogen and oxygen atoms in total. The second kappa shape index (κ2) is 4.82. The van der Waals surface area contributed by atoms with Gasteiger partial charge in [0.25, 0.3) is 0 Å². The minimum atomic E-state index is 0.519. The van der Waals surface area contributed by atoms with Gasteiger partial charge in [-0.3, -0.25) is 0 Å². The zero-order chi connectivity index (χ0) is 13.3. The zero-order valence-electron chi connectivity index (χ0n) is 11.4. The van der Waals surface area contributed by atoms with E-state index in [2.05, 4.69) is 38.7 Å². The molecular formula is C14H20N4. The van der Waals surface area contributed by atoms with Crippen molar-refractivity contribution in [3.05, 3.63) is 35.7 Å². The Bertz CT molecular complexity index is 538. The van der Waals surface area contributed by atoms with Crippen molar-refractivity contribution in [2.24, 2.45) is 12.8 Å². The molecule has 0 amide bonds. The Morgan fingerprint density at radius 3 is 2.28 bits per heavy atom. The summed E-state index contributed by atoms with van der Waals surface area (Å²) in [5.41, 5.74) is 10.1. The Morgan fingerprint density at radius 1 is 1.22 bits per heavy atom. The molecular weight excluding hydrogens is 224 g/mol. The third-order valence-electron chi connectivity index (χ3n) is 3.25. The highest BCUT2D eigenvalue weighted by Gasteiger charge is 2.11. The van der Waals surface area contributed by atoms with E-state index in [1.807, 2.05) is 28.1 Å². The Hall–Kier alpha value is -1.81. The number of nitrogens with two attached hydrogens (primary N) is 1. The Kier molecular flexibility index (Phi) is 3.39. The summed E-state index contributed by atoms with van der Waals surface area (Å²) < 4.78 is 2.07. The maximum Gasteiger partial charge on any atom is 0.140 e. The molecule has 0 unspecified atom stereocenters. The molecule has 0 spiro atoms. The van der Waals surface area contributed by atoms with Crippen molar-refractivity contribution in [2.45, 2.75) is 13.5 Å². The van der Waals surface area contributed by atoms with E-state index in [0.29, 0.717) is 6.54 Å². The van der Waals surface area contributed by atoms with Gasteiger partial charge in [-0.25, -0.2) is 4.98 Å². The molecule has 0 aliphatic heterocycles. The van der Waals surface area contributed by atoms with E-state index in [1.165, 1.54) is 5.69 Å². The number of rotatable bonds is 3. The number of benzene rings is 1. The molecule has 2 aromatic rings. The number of nitrogens with zero attached hydrogens (tertiary/aromatic N) is 3. The van der Waals surface area contributed by atoms with E-state index in [1.54, 1.807) is 0 Å². The second-order valence-corrected chi connectivity index (χ2v) is 4.67. The maximum atomic E-state index is 5.74. The Morgan fingerprint density at radius 2 is 1.83 bits per heavy atom. The molecule has 1 heterocycles. The lowest BCUT2D eigenvalue weighted by Crippen LogP contribution is -2.08. The lowest BCUT2D eigenvalue weighted by Gasteiger charge is -2.12. The van der Waals surface area contributed by atoms with Crippen LogP contribution in [-0.4, -0.2) is 23.6 Å². The number of anilines is 1. The van der Waals surface area contributed by atoms with Gasteiger partial charge in [0.2, 0.25) is 0 Å². The van der Waals surface area contributed by atoms with Crippen LogP contribution in [0.5, 0.6) is 0 Å². The van der Waals surface area contributed by atoms with Gasteiger partial charge in [-0.1, -0.05) is 0 Å². The van der Waals surface area contributed by atoms with Gasteiger partial charge in [0, 0.05) is 38.9 Å². The van der Waals surface area contributed by atoms with Crippen LogP contribution < -0.4 is 10.6 Å². The molecule has 0 saturated heterocycles. The standard InChI is InChI=1S/C14H20N4/c1-10-13(9-15)18(4)14(16-10)11-5-7-12(8-6-11)17(2)3/h5-8H,9,15H2,1-4H3. The maximum absolute atomic E-state index is 5.74. The van der Waals surface area contributed by atoms with Crippen molar-refractivity contribution < 1.29 is 0 Å². The van der Waals surface area contributed by atoms with Crippen molar-refractivity contribution in [1.29, 1.82) is 0 Å². The first-order chi connectivity index (χ1) is 8.54. The van der Waals surface area contributed by atoms with Crippen LogP contribution in [0.15, 0.2) is 24.3 Å². The molecule has 0 aliphatic rings. The summed E-state index contributed by atoms with van der Waals surface area (Å²) in [7, 11) is 6.08. The van der Waals surface area contributed by atoms with Gasteiger partial charge < -0.3 is 15.2 Å². The summed E-state index contributed by atoms with van der Waals surface area (Å²) in [6.45, 7) is 2.52. The monoisotopic (exact) mass is 244 g/mol. The molecule has 0 saturated carbocycles. The minimum absolute atomic E-state index is 0.519. The summed E-state index contributed by atoms with van der Waals surface area (Å²) in [6.07, 6.45) is 0. The number of aryl methyl sites for hydroxylation is 1. The molecule has 0 fully saturated rings. The van der Waals surface area contributed by atoms with E-state index in [-0.39, 0.29) is 0 Å². The van der Waals surface area contributed by atoms with Crippen LogP contribution in [-0.2, 0) is 13.6 Å². The van der Waals surface area contributed by atoms with Crippen LogP contribution in [0.3, 0.4) is 0 Å². The minimum Gasteiger partial charge on any atom is -0.378 e. The van der Waals surface area contributed by atoms with Crippen molar-refractivity contribution in [3.8, 4) is 11.4 Å². The first kappa shape index (κ1) is 12.6.